The number of hydrogen-bond donors (Lipinski definition) is 3. The Balaban J connectivity index is 3.64. The summed E-state index contributed by atoms with van der Waals surface area (Å²) in [6.45, 7) is -0.245. The number of aliphatic hydroxyl groups excluding tert-OH is 3. The Morgan fingerprint density at radius 1 is 0.765 bits per heavy atom. The summed E-state index contributed by atoms with van der Waals surface area (Å²) in [5.74, 6) is -0.519. The van der Waals surface area contributed by atoms with Gasteiger partial charge in [0.15, 0.2) is 0 Å². The number of phosphoric acid groups is 1. The van der Waals surface area contributed by atoms with E-state index in [2.05, 4.69) is 16.0 Å². The van der Waals surface area contributed by atoms with E-state index in [4.69, 9.17) is 14.9 Å². The predicted octanol–water partition coefficient (Wildman–Crippen LogP) is 4.01. The van der Waals surface area contributed by atoms with E-state index in [-0.39, 0.29) is 6.42 Å². The zero-order chi connectivity index (χ0) is 25.5. The molecule has 0 fully saturated rings. The molecule has 0 aromatic carbocycles. The van der Waals surface area contributed by atoms with Gasteiger partial charge in [-0.3, -0.25) is 9.36 Å². The van der Waals surface area contributed by atoms with Gasteiger partial charge >= 0.3 is 5.97 Å². The van der Waals surface area contributed by atoms with E-state index in [0.717, 1.165) is 19.3 Å². The first kappa shape index (κ1) is 33.5. The van der Waals surface area contributed by atoms with Crippen LogP contribution >= 0.6 is 7.82 Å². The van der Waals surface area contributed by atoms with Gasteiger partial charge in [-0.2, -0.15) is 0 Å². The molecule has 204 valence electrons. The maximum Gasteiger partial charge on any atom is 0.306 e. The van der Waals surface area contributed by atoms with Gasteiger partial charge in [-0.05, 0) is 6.42 Å². The molecular weight excluding hydrogens is 463 g/mol. The molecule has 9 nitrogen and oxygen atoms in total. The third kappa shape index (κ3) is 22.0. The summed E-state index contributed by atoms with van der Waals surface area (Å²) in [6, 6.07) is 0. The first-order valence-electron chi connectivity index (χ1n) is 13.0. The average Bonchev–Trinajstić information content (AvgIpc) is 2.82. The maximum absolute atomic E-state index is 11.9. The van der Waals surface area contributed by atoms with Crippen molar-refractivity contribution in [2.45, 2.75) is 122 Å². The summed E-state index contributed by atoms with van der Waals surface area (Å²) in [4.78, 5) is 23.5. The summed E-state index contributed by atoms with van der Waals surface area (Å²) in [5.41, 5.74) is 0. The number of carbonyl (C=O) groups excluding carboxylic acids is 1. The number of unbranched alkanes of at least 4 members (excludes halogenated alkanes) is 14. The molecule has 0 saturated heterocycles. The quantitative estimate of drug-likeness (QED) is 0.0940. The monoisotopic (exact) mass is 511 g/mol. The van der Waals surface area contributed by atoms with Gasteiger partial charge in [0.05, 0.1) is 26.4 Å². The molecule has 3 N–H and O–H groups in total. The van der Waals surface area contributed by atoms with Crippen LogP contribution in [0.2, 0.25) is 0 Å². The highest BCUT2D eigenvalue weighted by molar-refractivity contribution is 7.45. The molecule has 0 aromatic heterocycles. The average molecular weight is 512 g/mol. The van der Waals surface area contributed by atoms with E-state index in [1.165, 1.54) is 70.6 Å². The van der Waals surface area contributed by atoms with Gasteiger partial charge in [0.2, 0.25) is 0 Å². The Hall–Kier alpha value is -0.540. The molecule has 0 rings (SSSR count). The molecule has 10 heteroatoms. The van der Waals surface area contributed by atoms with Crippen molar-refractivity contribution in [1.29, 1.82) is 0 Å². The molecule has 0 aliphatic heterocycles. The number of ether oxygens (including phenoxy) is 1. The van der Waals surface area contributed by atoms with Crippen molar-refractivity contribution >= 4 is 13.8 Å². The van der Waals surface area contributed by atoms with Gasteiger partial charge in [0.25, 0.3) is 7.82 Å². The fourth-order valence-electron chi connectivity index (χ4n) is 3.45. The van der Waals surface area contributed by atoms with Crippen LogP contribution in [0.4, 0.5) is 0 Å². The van der Waals surface area contributed by atoms with Crippen LogP contribution in [0.15, 0.2) is 0 Å². The Bertz CT molecular complexity index is 519. The smallest absolute Gasteiger partial charge is 0.306 e. The van der Waals surface area contributed by atoms with Gasteiger partial charge in [0.1, 0.15) is 12.2 Å². The minimum Gasteiger partial charge on any atom is -0.756 e. The second kappa shape index (κ2) is 22.9. The molecule has 2 unspecified atom stereocenters. The van der Waals surface area contributed by atoms with E-state index in [1.54, 1.807) is 0 Å². The van der Waals surface area contributed by atoms with Crippen molar-refractivity contribution < 1.29 is 43.4 Å². The molecular formula is C24H48O9P-. The number of hydrogen-bond acceptors (Lipinski definition) is 9. The van der Waals surface area contributed by atoms with Crippen LogP contribution in [-0.2, 0) is 23.1 Å². The van der Waals surface area contributed by atoms with Crippen molar-refractivity contribution in [2.24, 2.45) is 0 Å². The summed E-state index contributed by atoms with van der Waals surface area (Å²) in [7, 11) is -4.75. The van der Waals surface area contributed by atoms with Gasteiger partial charge < -0.3 is 34.0 Å². The lowest BCUT2D eigenvalue weighted by Gasteiger charge is -2.25. The number of esters is 1. The Morgan fingerprint density at radius 3 is 1.65 bits per heavy atom. The molecule has 0 heterocycles. The lowest BCUT2D eigenvalue weighted by molar-refractivity contribution is -0.230. The first-order valence-corrected chi connectivity index (χ1v) is 14.5. The van der Waals surface area contributed by atoms with Crippen LogP contribution in [-0.4, -0.2) is 59.9 Å². The molecule has 0 aliphatic rings. The highest BCUT2D eigenvalue weighted by Crippen LogP contribution is 2.38. The summed E-state index contributed by atoms with van der Waals surface area (Å²) >= 11 is 0. The van der Waals surface area contributed by atoms with Crippen LogP contribution < -0.4 is 4.89 Å². The van der Waals surface area contributed by atoms with Gasteiger partial charge in [-0.25, -0.2) is 0 Å². The van der Waals surface area contributed by atoms with Crippen molar-refractivity contribution in [3.8, 4) is 0 Å². The Kier molecular flexibility index (Phi) is 22.5. The number of rotatable bonds is 25. The highest BCUT2D eigenvalue weighted by atomic mass is 31.2. The summed E-state index contributed by atoms with van der Waals surface area (Å²) < 4.78 is 25.5. The lowest BCUT2D eigenvalue weighted by Crippen LogP contribution is -2.28. The van der Waals surface area contributed by atoms with E-state index in [0.29, 0.717) is 6.42 Å². The zero-order valence-corrected chi connectivity index (χ0v) is 21.9. The number of carbonyl (C=O) groups is 1. The van der Waals surface area contributed by atoms with Gasteiger partial charge in [-0.15, -0.1) is 0 Å². The molecule has 0 aliphatic carbocycles. The standard InChI is InChI=1S/C24H49O9P/c1-2-3-4-5-6-7-8-9-10-11-12-13-14-15-16-17-24(28)33-23(19-26)21-32-34(29,30)31-20-22(27)18-25/h22-23,25-27H,2-21H2,1H3,(H,29,30)/p-1/t22?,23-/m1/s1. The van der Waals surface area contributed by atoms with Crippen LogP contribution in [0.25, 0.3) is 0 Å². The minimum absolute atomic E-state index is 0.197. The van der Waals surface area contributed by atoms with E-state index in [1.807, 2.05) is 0 Å². The largest absolute Gasteiger partial charge is 0.756 e. The third-order valence-corrected chi connectivity index (χ3v) is 6.47. The third-order valence-electron chi connectivity index (χ3n) is 5.54. The molecule has 0 spiro atoms. The summed E-state index contributed by atoms with van der Waals surface area (Å²) in [6.07, 6.45) is 16.2. The van der Waals surface area contributed by atoms with Gasteiger partial charge in [-0.1, -0.05) is 96.8 Å². The normalized spacial score (nSPS) is 15.1. The molecule has 0 aromatic rings. The van der Waals surface area contributed by atoms with Crippen molar-refractivity contribution in [3.63, 3.8) is 0 Å². The first-order chi connectivity index (χ1) is 16.3. The van der Waals surface area contributed by atoms with Crippen LogP contribution in [0, 0.1) is 0 Å². The Morgan fingerprint density at radius 2 is 1.21 bits per heavy atom. The van der Waals surface area contributed by atoms with Crippen LogP contribution in [0.5, 0.6) is 0 Å². The van der Waals surface area contributed by atoms with Crippen molar-refractivity contribution in [1.82, 2.24) is 0 Å². The molecule has 0 amide bonds. The van der Waals surface area contributed by atoms with E-state index in [9.17, 15) is 19.4 Å². The fourth-order valence-corrected chi connectivity index (χ4v) is 4.23. The van der Waals surface area contributed by atoms with Gasteiger partial charge in [0, 0.05) is 6.42 Å². The number of phosphoric ester groups is 1. The lowest BCUT2D eigenvalue weighted by atomic mass is 10.0. The van der Waals surface area contributed by atoms with Crippen molar-refractivity contribution in [2.75, 3.05) is 26.4 Å². The van der Waals surface area contributed by atoms with Crippen LogP contribution in [0.1, 0.15) is 110 Å². The van der Waals surface area contributed by atoms with E-state index >= 15 is 0 Å². The molecule has 0 saturated carbocycles. The molecule has 0 radical (unpaired) electrons. The minimum atomic E-state index is -4.75. The zero-order valence-electron chi connectivity index (χ0n) is 21.0. The van der Waals surface area contributed by atoms with Crippen LogP contribution in [0.3, 0.4) is 0 Å². The molecule has 0 bridgehead atoms. The number of aliphatic hydroxyl groups is 3. The summed E-state index contributed by atoms with van der Waals surface area (Å²) in [5, 5.41) is 27.0. The van der Waals surface area contributed by atoms with E-state index < -0.39 is 52.4 Å². The molecule has 3 atom stereocenters. The second-order valence-corrected chi connectivity index (χ2v) is 10.3. The van der Waals surface area contributed by atoms with Crippen molar-refractivity contribution in [3.05, 3.63) is 0 Å². The predicted molar refractivity (Wildman–Crippen MR) is 129 cm³/mol. The molecule has 34 heavy (non-hydrogen) atoms. The maximum atomic E-state index is 11.9. The highest BCUT2D eigenvalue weighted by Gasteiger charge is 2.19. The second-order valence-electron chi connectivity index (χ2n) is 8.87. The topological polar surface area (TPSA) is 146 Å². The SMILES string of the molecule is CCCCCCCCCCCCCCCCCC(=O)O[C@H](CO)COP(=O)([O-])OCC(O)CO. The Labute approximate surface area is 205 Å². The fraction of sp³-hybridized carbons (Fsp3) is 0.958.